The van der Waals surface area contributed by atoms with Crippen molar-refractivity contribution in [2.45, 2.75) is 43.4 Å². The summed E-state index contributed by atoms with van der Waals surface area (Å²) < 4.78 is 0. The maximum absolute atomic E-state index is 12.5. The van der Waals surface area contributed by atoms with Gasteiger partial charge in [-0.1, -0.05) is 0 Å². The summed E-state index contributed by atoms with van der Waals surface area (Å²) in [5, 5.41) is 29.0. The van der Waals surface area contributed by atoms with Gasteiger partial charge in [0.15, 0.2) is 0 Å². The number of aliphatic carboxylic acids is 1. The van der Waals surface area contributed by atoms with Gasteiger partial charge in [-0.25, -0.2) is 9.78 Å². The molecule has 0 aromatic carbocycles. The molecule has 1 aliphatic rings. The Kier molecular flexibility index (Phi) is 9.08. The van der Waals surface area contributed by atoms with E-state index in [1.807, 2.05) is 0 Å². The summed E-state index contributed by atoms with van der Waals surface area (Å²) in [6.07, 6.45) is 4.25. The minimum Gasteiger partial charge on any atom is -0.480 e. The van der Waals surface area contributed by atoms with Crippen molar-refractivity contribution < 1.29 is 29.4 Å². The topological polar surface area (TPSA) is 186 Å². The summed E-state index contributed by atoms with van der Waals surface area (Å²) in [5.41, 5.74) is 0.512. The van der Waals surface area contributed by atoms with Gasteiger partial charge in [0, 0.05) is 24.1 Å². The third-order valence-corrected chi connectivity index (χ3v) is 4.97. The number of amides is 3. The van der Waals surface area contributed by atoms with E-state index in [0.717, 1.165) is 6.42 Å². The van der Waals surface area contributed by atoms with Crippen LogP contribution in [0.1, 0.15) is 18.5 Å². The van der Waals surface area contributed by atoms with Gasteiger partial charge in [0.2, 0.25) is 17.7 Å². The molecule has 3 amide bonds. The number of carboxylic acids is 1. The lowest BCUT2D eigenvalue weighted by atomic mass is 10.1. The monoisotopic (exact) mass is 442 g/mol. The molecule has 0 spiro atoms. The molecule has 1 aromatic heterocycles. The van der Waals surface area contributed by atoms with Crippen molar-refractivity contribution in [2.75, 3.05) is 18.9 Å². The van der Waals surface area contributed by atoms with Crippen LogP contribution in [0.25, 0.3) is 0 Å². The highest BCUT2D eigenvalue weighted by Gasteiger charge is 2.30. The third kappa shape index (κ3) is 6.71. The van der Waals surface area contributed by atoms with Crippen molar-refractivity contribution >= 4 is 36.3 Å². The number of aromatic amines is 1. The smallest absolute Gasteiger partial charge is 0.326 e. The number of carbonyl (C=O) groups is 4. The lowest BCUT2D eigenvalue weighted by Gasteiger charge is -2.23. The highest BCUT2D eigenvalue weighted by Crippen LogP contribution is 2.05. The van der Waals surface area contributed by atoms with E-state index in [0.29, 0.717) is 18.7 Å². The standard InChI is InChI=1S/C17H26N6O6S/c24-6-12(22-14(25)10-2-1-3-19-10)15(26)23-13(7-30)16(27)21-11(17(28)29)4-9-5-18-8-20-9/h5,8,10-13,19,24,30H,1-4,6-7H2,(H,18,20)(H,21,27)(H,22,25)(H,23,26)(H,28,29). The molecule has 1 aliphatic heterocycles. The fourth-order valence-corrected chi connectivity index (χ4v) is 3.19. The molecule has 0 saturated carbocycles. The number of thiol groups is 1. The second-order valence-corrected chi connectivity index (χ2v) is 7.18. The van der Waals surface area contributed by atoms with E-state index in [1.54, 1.807) is 0 Å². The minimum atomic E-state index is -1.26. The van der Waals surface area contributed by atoms with Gasteiger partial charge in [-0.3, -0.25) is 14.4 Å². The minimum absolute atomic E-state index is 0.0297. The summed E-state index contributed by atoms with van der Waals surface area (Å²) in [5.74, 6) is -3.33. The average molecular weight is 442 g/mol. The first-order valence-corrected chi connectivity index (χ1v) is 10.0. The van der Waals surface area contributed by atoms with E-state index in [2.05, 4.69) is 43.9 Å². The Bertz CT molecular complexity index is 739. The molecule has 166 valence electrons. The molecule has 13 heteroatoms. The average Bonchev–Trinajstić information content (AvgIpc) is 3.43. The van der Waals surface area contributed by atoms with Gasteiger partial charge in [0.25, 0.3) is 0 Å². The van der Waals surface area contributed by atoms with Crippen molar-refractivity contribution in [1.82, 2.24) is 31.2 Å². The number of aromatic nitrogens is 2. The molecule has 1 fully saturated rings. The van der Waals surface area contributed by atoms with Crippen LogP contribution in [0.4, 0.5) is 0 Å². The van der Waals surface area contributed by atoms with Crippen LogP contribution in [0.5, 0.6) is 0 Å². The predicted octanol–water partition coefficient (Wildman–Crippen LogP) is -2.83. The first-order valence-electron chi connectivity index (χ1n) is 9.42. The van der Waals surface area contributed by atoms with Crippen LogP contribution in [0, 0.1) is 0 Å². The number of hydrogen-bond donors (Lipinski definition) is 8. The number of carbonyl (C=O) groups excluding carboxylic acids is 3. The number of rotatable bonds is 11. The van der Waals surface area contributed by atoms with Crippen molar-refractivity contribution in [1.29, 1.82) is 0 Å². The molecular weight excluding hydrogens is 416 g/mol. The normalized spacial score (nSPS) is 18.8. The zero-order chi connectivity index (χ0) is 22.1. The second kappa shape index (κ2) is 11.5. The number of nitrogens with one attached hydrogen (secondary N) is 5. The van der Waals surface area contributed by atoms with Gasteiger partial charge in [-0.15, -0.1) is 0 Å². The molecular formula is C17H26N6O6S. The predicted molar refractivity (Wildman–Crippen MR) is 108 cm³/mol. The van der Waals surface area contributed by atoms with E-state index in [-0.39, 0.29) is 12.2 Å². The third-order valence-electron chi connectivity index (χ3n) is 4.60. The quantitative estimate of drug-likeness (QED) is 0.168. The number of aliphatic hydroxyl groups excluding tert-OH is 1. The van der Waals surface area contributed by atoms with Crippen molar-refractivity contribution in [3.63, 3.8) is 0 Å². The van der Waals surface area contributed by atoms with E-state index in [1.165, 1.54) is 12.5 Å². The summed E-state index contributed by atoms with van der Waals surface area (Å²) in [7, 11) is 0. The number of aliphatic hydroxyl groups is 1. The van der Waals surface area contributed by atoms with Crippen LogP contribution in [-0.2, 0) is 25.6 Å². The molecule has 4 unspecified atom stereocenters. The SMILES string of the molecule is O=C(O)C(Cc1cnc[nH]1)NC(=O)C(CS)NC(=O)C(CO)NC(=O)C1CCCN1. The van der Waals surface area contributed by atoms with Gasteiger partial charge in [0.1, 0.15) is 18.1 Å². The Balaban J connectivity index is 1.93. The highest BCUT2D eigenvalue weighted by atomic mass is 32.1. The molecule has 0 radical (unpaired) electrons. The van der Waals surface area contributed by atoms with Crippen LogP contribution < -0.4 is 21.3 Å². The Morgan fingerprint density at radius 1 is 1.17 bits per heavy atom. The van der Waals surface area contributed by atoms with Crippen LogP contribution >= 0.6 is 12.6 Å². The van der Waals surface area contributed by atoms with Gasteiger partial charge in [-0.05, 0) is 19.4 Å². The fraction of sp³-hybridized carbons (Fsp3) is 0.588. The molecule has 0 aliphatic carbocycles. The Morgan fingerprint density at radius 2 is 1.87 bits per heavy atom. The highest BCUT2D eigenvalue weighted by molar-refractivity contribution is 7.80. The van der Waals surface area contributed by atoms with E-state index >= 15 is 0 Å². The molecule has 30 heavy (non-hydrogen) atoms. The lowest BCUT2D eigenvalue weighted by Crippen LogP contribution is -2.58. The molecule has 1 aromatic rings. The molecule has 7 N–H and O–H groups in total. The summed E-state index contributed by atoms with van der Waals surface area (Å²) in [6, 6.07) is -4.11. The van der Waals surface area contributed by atoms with E-state index < -0.39 is 54.5 Å². The number of carboxylic acid groups (broad SMARTS) is 1. The lowest BCUT2D eigenvalue weighted by molar-refractivity contribution is -0.142. The summed E-state index contributed by atoms with van der Waals surface area (Å²) in [6.45, 7) is 0.0298. The molecule has 0 bridgehead atoms. The zero-order valence-electron chi connectivity index (χ0n) is 16.1. The maximum atomic E-state index is 12.5. The molecule has 1 saturated heterocycles. The summed E-state index contributed by atoms with van der Waals surface area (Å²) in [4.78, 5) is 55.0. The number of H-pyrrole nitrogens is 1. The van der Waals surface area contributed by atoms with Crippen LogP contribution in [0.3, 0.4) is 0 Å². The van der Waals surface area contributed by atoms with Gasteiger partial charge in [-0.2, -0.15) is 12.6 Å². The molecule has 4 atom stereocenters. The van der Waals surface area contributed by atoms with Gasteiger partial charge < -0.3 is 36.5 Å². The first kappa shape index (κ1) is 23.6. The van der Waals surface area contributed by atoms with Crippen molar-refractivity contribution in [2.24, 2.45) is 0 Å². The molecule has 2 heterocycles. The summed E-state index contributed by atoms with van der Waals surface area (Å²) >= 11 is 4.03. The van der Waals surface area contributed by atoms with Crippen molar-refractivity contribution in [3.8, 4) is 0 Å². The maximum Gasteiger partial charge on any atom is 0.326 e. The van der Waals surface area contributed by atoms with Gasteiger partial charge >= 0.3 is 5.97 Å². The van der Waals surface area contributed by atoms with E-state index in [4.69, 9.17) is 0 Å². The Hall–Kier alpha value is -2.64. The first-order chi connectivity index (χ1) is 14.3. The van der Waals surface area contributed by atoms with Crippen LogP contribution in [0.15, 0.2) is 12.5 Å². The van der Waals surface area contributed by atoms with Crippen molar-refractivity contribution in [3.05, 3.63) is 18.2 Å². The van der Waals surface area contributed by atoms with Crippen LogP contribution in [-0.4, -0.2) is 86.9 Å². The number of nitrogens with zero attached hydrogens (tertiary/aromatic N) is 1. The Morgan fingerprint density at radius 3 is 2.40 bits per heavy atom. The molecule has 2 rings (SSSR count). The Labute approximate surface area is 178 Å². The zero-order valence-corrected chi connectivity index (χ0v) is 17.0. The second-order valence-electron chi connectivity index (χ2n) is 6.82. The molecule has 12 nitrogen and oxygen atoms in total. The van der Waals surface area contributed by atoms with Crippen LogP contribution in [0.2, 0.25) is 0 Å². The largest absolute Gasteiger partial charge is 0.480 e. The number of imidazole rings is 1. The van der Waals surface area contributed by atoms with Gasteiger partial charge in [0.05, 0.1) is 19.0 Å². The number of hydrogen-bond acceptors (Lipinski definition) is 8. The fourth-order valence-electron chi connectivity index (χ4n) is 2.93. The van der Waals surface area contributed by atoms with E-state index in [9.17, 15) is 29.4 Å².